The molecule has 0 amide bonds. The first-order chi connectivity index (χ1) is 17.6. The molecule has 3 aliphatic carbocycles. The van der Waals surface area contributed by atoms with Gasteiger partial charge in [0.1, 0.15) is 6.10 Å². The lowest BCUT2D eigenvalue weighted by atomic mass is 9.60. The first kappa shape index (κ1) is 29.0. The third-order valence-electron chi connectivity index (χ3n) is 10.7. The lowest BCUT2D eigenvalue weighted by Gasteiger charge is -2.44. The summed E-state index contributed by atoms with van der Waals surface area (Å²) in [4.78, 5) is 1.33. The Morgan fingerprint density at radius 3 is 2.46 bits per heavy atom. The number of allylic oxidation sites excluding steroid dienone is 3. The van der Waals surface area contributed by atoms with Crippen molar-refractivity contribution in [2.45, 2.75) is 116 Å². The number of aliphatic hydroxyl groups is 4. The fourth-order valence-corrected chi connectivity index (χ4v) is 9.33. The van der Waals surface area contributed by atoms with Gasteiger partial charge in [-0.05, 0) is 91.9 Å². The molecule has 2 unspecified atom stereocenters. The topological polar surface area (TPSA) is 80.9 Å². The molecule has 37 heavy (non-hydrogen) atoms. The van der Waals surface area contributed by atoms with E-state index in [1.165, 1.54) is 37.0 Å². The minimum Gasteiger partial charge on any atom is -0.395 e. The molecule has 5 heteroatoms. The Balaban J connectivity index is 1.41. The lowest BCUT2D eigenvalue weighted by Crippen LogP contribution is -2.41. The average Bonchev–Trinajstić information content (AvgIpc) is 3.52. The number of hydrogen-bond acceptors (Lipinski definition) is 5. The summed E-state index contributed by atoms with van der Waals surface area (Å²) in [5, 5.41) is 42.6. The highest BCUT2D eigenvalue weighted by Crippen LogP contribution is 2.60. The standard InChI is InChI=1S/C32H50O4S/c1-21(2)32(20-33,29-10-7-17-37-29)16-5-8-22(3)25-13-14-26-24(9-6-15-31(25,26)4)12-11-23-18-27(34)30(36)28(35)19-23/h7,10-12,17,21-22,25-28,30,33-36H,5-6,8-9,13-16,18-20H2,1-4H3/b23-11?,24-12-/t22?,25-,26?,27-,28-,30?,31-,32-/m1/s1. The zero-order valence-electron chi connectivity index (χ0n) is 23.4. The maximum Gasteiger partial charge on any atom is 0.106 e. The molecule has 0 radical (unpaired) electrons. The summed E-state index contributed by atoms with van der Waals surface area (Å²) in [6, 6.07) is 4.32. The van der Waals surface area contributed by atoms with Crippen LogP contribution >= 0.6 is 11.3 Å². The molecule has 1 aromatic rings. The Labute approximate surface area is 228 Å². The van der Waals surface area contributed by atoms with Gasteiger partial charge in [0, 0.05) is 10.3 Å². The fourth-order valence-electron chi connectivity index (χ4n) is 8.23. The van der Waals surface area contributed by atoms with Crippen LogP contribution in [-0.4, -0.2) is 45.3 Å². The maximum absolute atomic E-state index is 10.5. The molecule has 4 rings (SSSR count). The molecular formula is C32H50O4S. The average molecular weight is 531 g/mol. The highest BCUT2D eigenvalue weighted by atomic mass is 32.1. The summed E-state index contributed by atoms with van der Waals surface area (Å²) in [5.74, 6) is 2.43. The van der Waals surface area contributed by atoms with Crippen LogP contribution in [0.4, 0.5) is 0 Å². The summed E-state index contributed by atoms with van der Waals surface area (Å²) < 4.78 is 0. The summed E-state index contributed by atoms with van der Waals surface area (Å²) >= 11 is 1.79. The molecule has 4 N–H and O–H groups in total. The minimum atomic E-state index is -1.03. The van der Waals surface area contributed by atoms with Gasteiger partial charge in [0.2, 0.25) is 0 Å². The Bertz CT molecular complexity index is 923. The second kappa shape index (κ2) is 12.0. The van der Waals surface area contributed by atoms with Gasteiger partial charge >= 0.3 is 0 Å². The molecule has 3 saturated carbocycles. The molecule has 0 saturated heterocycles. The first-order valence-electron chi connectivity index (χ1n) is 14.7. The molecule has 208 valence electrons. The first-order valence-corrected chi connectivity index (χ1v) is 15.6. The number of fused-ring (bicyclic) bond motifs is 1. The van der Waals surface area contributed by atoms with Crippen molar-refractivity contribution in [2.24, 2.45) is 29.1 Å². The summed E-state index contributed by atoms with van der Waals surface area (Å²) in [7, 11) is 0. The molecule has 0 bridgehead atoms. The second-order valence-electron chi connectivity index (χ2n) is 13.0. The van der Waals surface area contributed by atoms with E-state index < -0.39 is 18.3 Å². The molecule has 4 nitrogen and oxygen atoms in total. The van der Waals surface area contributed by atoms with Crippen LogP contribution in [0.15, 0.2) is 40.8 Å². The summed E-state index contributed by atoms with van der Waals surface area (Å²) in [6.07, 6.45) is 12.2. The van der Waals surface area contributed by atoms with Crippen molar-refractivity contribution in [3.8, 4) is 0 Å². The van der Waals surface area contributed by atoms with Gasteiger partial charge in [-0.3, -0.25) is 0 Å². The second-order valence-corrected chi connectivity index (χ2v) is 14.0. The quantitative estimate of drug-likeness (QED) is 0.298. The van der Waals surface area contributed by atoms with Crippen LogP contribution < -0.4 is 0 Å². The molecule has 0 spiro atoms. The lowest BCUT2D eigenvalue weighted by molar-refractivity contribution is -0.0713. The molecule has 0 aliphatic heterocycles. The van der Waals surface area contributed by atoms with Crippen molar-refractivity contribution in [3.05, 3.63) is 45.7 Å². The predicted octanol–water partition coefficient (Wildman–Crippen LogP) is 6.39. The van der Waals surface area contributed by atoms with E-state index in [4.69, 9.17) is 0 Å². The third kappa shape index (κ3) is 5.82. The molecule has 3 aliphatic rings. The molecular weight excluding hydrogens is 480 g/mol. The number of aliphatic hydroxyl groups excluding tert-OH is 4. The SMILES string of the molecule is CC(CCC[C@](CO)(c1cccs1)C(C)C)[C@H]1CCC2/C(=C\C=C3C[C@@H](O)C(O)[C@H](O)C3)CCC[C@@]21C. The van der Waals surface area contributed by atoms with Crippen LogP contribution in [-0.2, 0) is 5.41 Å². The van der Waals surface area contributed by atoms with E-state index in [0.29, 0.717) is 36.0 Å². The smallest absolute Gasteiger partial charge is 0.106 e. The van der Waals surface area contributed by atoms with E-state index in [2.05, 4.69) is 57.4 Å². The largest absolute Gasteiger partial charge is 0.395 e. The molecule has 7 atom stereocenters. The van der Waals surface area contributed by atoms with Gasteiger partial charge in [0.25, 0.3) is 0 Å². The Morgan fingerprint density at radius 1 is 1.11 bits per heavy atom. The van der Waals surface area contributed by atoms with E-state index >= 15 is 0 Å². The Kier molecular flexibility index (Phi) is 9.44. The van der Waals surface area contributed by atoms with E-state index in [0.717, 1.165) is 30.8 Å². The van der Waals surface area contributed by atoms with Crippen LogP contribution in [0.2, 0.25) is 0 Å². The molecule has 0 aromatic carbocycles. The van der Waals surface area contributed by atoms with Crippen LogP contribution in [0.25, 0.3) is 0 Å². The summed E-state index contributed by atoms with van der Waals surface area (Å²) in [5.41, 5.74) is 2.80. The van der Waals surface area contributed by atoms with E-state index in [1.54, 1.807) is 16.9 Å². The van der Waals surface area contributed by atoms with Gasteiger partial charge < -0.3 is 20.4 Å². The monoisotopic (exact) mass is 530 g/mol. The Morgan fingerprint density at radius 2 is 1.84 bits per heavy atom. The zero-order chi connectivity index (χ0) is 26.8. The highest BCUT2D eigenvalue weighted by molar-refractivity contribution is 7.10. The number of rotatable bonds is 9. The molecule has 3 fully saturated rings. The maximum atomic E-state index is 10.5. The predicted molar refractivity (Wildman–Crippen MR) is 153 cm³/mol. The normalized spacial score (nSPS) is 36.0. The molecule has 1 heterocycles. The van der Waals surface area contributed by atoms with Gasteiger partial charge in [-0.25, -0.2) is 0 Å². The van der Waals surface area contributed by atoms with Gasteiger partial charge in [-0.15, -0.1) is 11.3 Å². The van der Waals surface area contributed by atoms with Crippen molar-refractivity contribution in [2.75, 3.05) is 6.61 Å². The van der Waals surface area contributed by atoms with Gasteiger partial charge in [0.15, 0.2) is 0 Å². The Hall–Kier alpha value is -0.980. The van der Waals surface area contributed by atoms with Crippen LogP contribution in [0.5, 0.6) is 0 Å². The zero-order valence-corrected chi connectivity index (χ0v) is 24.2. The fraction of sp³-hybridized carbons (Fsp3) is 0.750. The summed E-state index contributed by atoms with van der Waals surface area (Å²) in [6.45, 7) is 9.73. The van der Waals surface area contributed by atoms with Gasteiger partial charge in [-0.2, -0.15) is 0 Å². The molecule has 1 aromatic heterocycles. The van der Waals surface area contributed by atoms with Crippen molar-refractivity contribution in [1.82, 2.24) is 0 Å². The van der Waals surface area contributed by atoms with Crippen LogP contribution in [0.1, 0.15) is 96.8 Å². The highest BCUT2D eigenvalue weighted by Gasteiger charge is 2.50. The third-order valence-corrected chi connectivity index (χ3v) is 11.8. The minimum absolute atomic E-state index is 0.124. The van der Waals surface area contributed by atoms with Crippen molar-refractivity contribution in [3.63, 3.8) is 0 Å². The van der Waals surface area contributed by atoms with E-state index in [-0.39, 0.29) is 12.0 Å². The van der Waals surface area contributed by atoms with Crippen molar-refractivity contribution < 1.29 is 20.4 Å². The van der Waals surface area contributed by atoms with Crippen LogP contribution in [0.3, 0.4) is 0 Å². The van der Waals surface area contributed by atoms with E-state index in [1.807, 2.05) is 0 Å². The van der Waals surface area contributed by atoms with Gasteiger partial charge in [-0.1, -0.05) is 69.9 Å². The number of thiophene rings is 1. The van der Waals surface area contributed by atoms with Crippen molar-refractivity contribution >= 4 is 11.3 Å². The number of hydrogen-bond donors (Lipinski definition) is 4. The van der Waals surface area contributed by atoms with Gasteiger partial charge in [0.05, 0.1) is 18.8 Å². The van der Waals surface area contributed by atoms with Crippen molar-refractivity contribution in [1.29, 1.82) is 0 Å². The van der Waals surface area contributed by atoms with Crippen LogP contribution in [0, 0.1) is 29.1 Å². The van der Waals surface area contributed by atoms with E-state index in [9.17, 15) is 20.4 Å².